The van der Waals surface area contributed by atoms with Crippen LogP contribution in [0.15, 0.2) is 4.52 Å². The van der Waals surface area contributed by atoms with E-state index in [9.17, 15) is 4.79 Å². The number of hydrogen-bond acceptors (Lipinski definition) is 5. The Hall–Kier alpha value is -1.43. The number of nitrogens with zero attached hydrogens (tertiary/aromatic N) is 3. The van der Waals surface area contributed by atoms with Crippen LogP contribution < -0.4 is 0 Å². The zero-order valence-electron chi connectivity index (χ0n) is 14.5. The van der Waals surface area contributed by atoms with Gasteiger partial charge in [-0.1, -0.05) is 18.0 Å². The monoisotopic (exact) mass is 333 g/mol. The second-order valence-corrected chi connectivity index (χ2v) is 7.51. The van der Waals surface area contributed by atoms with Gasteiger partial charge in [-0.3, -0.25) is 4.79 Å². The van der Waals surface area contributed by atoms with E-state index in [2.05, 4.69) is 10.1 Å². The fourth-order valence-corrected chi connectivity index (χ4v) is 4.83. The first kappa shape index (κ1) is 16.1. The normalized spacial score (nSPS) is 30.2. The van der Waals surface area contributed by atoms with Gasteiger partial charge in [-0.2, -0.15) is 4.98 Å². The number of methoxy groups -OCH3 is 1. The van der Waals surface area contributed by atoms with Gasteiger partial charge in [0.15, 0.2) is 0 Å². The molecule has 0 unspecified atom stereocenters. The zero-order valence-corrected chi connectivity index (χ0v) is 14.5. The lowest BCUT2D eigenvalue weighted by molar-refractivity contribution is -0.130. The lowest BCUT2D eigenvalue weighted by Gasteiger charge is -2.36. The minimum atomic E-state index is -0.366. The van der Waals surface area contributed by atoms with Crippen molar-refractivity contribution in [2.75, 3.05) is 13.7 Å². The Morgan fingerprint density at radius 2 is 1.96 bits per heavy atom. The summed E-state index contributed by atoms with van der Waals surface area (Å²) in [5, 5.41) is 4.28. The summed E-state index contributed by atoms with van der Waals surface area (Å²) in [5.41, 5.74) is -0.366. The van der Waals surface area contributed by atoms with Crippen LogP contribution in [0.25, 0.3) is 0 Å². The molecule has 24 heavy (non-hydrogen) atoms. The minimum absolute atomic E-state index is 0.178. The molecule has 2 saturated carbocycles. The van der Waals surface area contributed by atoms with E-state index in [1.807, 2.05) is 0 Å². The maximum absolute atomic E-state index is 12.2. The van der Waals surface area contributed by atoms with Crippen LogP contribution in [-0.2, 0) is 15.1 Å². The van der Waals surface area contributed by atoms with E-state index in [1.54, 1.807) is 7.11 Å². The Labute approximate surface area is 142 Å². The Bertz CT molecular complexity index is 594. The standard InChI is InChI=1S/C18H27N3O3/c1-23-18(10-4-5-11-18)17-19-16(24-20-17)13-7-2-3-8-14(13)21-12-6-9-15(21)22/h13-14H,2-12H2,1H3/t13-,14+/m1/s1. The summed E-state index contributed by atoms with van der Waals surface area (Å²) in [5.74, 6) is 1.88. The Morgan fingerprint density at radius 3 is 2.67 bits per heavy atom. The number of amides is 1. The summed E-state index contributed by atoms with van der Waals surface area (Å²) < 4.78 is 11.5. The summed E-state index contributed by atoms with van der Waals surface area (Å²) in [4.78, 5) is 19.0. The minimum Gasteiger partial charge on any atom is -0.370 e. The van der Waals surface area contributed by atoms with E-state index in [1.165, 1.54) is 6.42 Å². The molecule has 6 nitrogen and oxygen atoms in total. The molecule has 0 bridgehead atoms. The van der Waals surface area contributed by atoms with Crippen molar-refractivity contribution >= 4 is 5.91 Å². The maximum Gasteiger partial charge on any atom is 0.231 e. The highest BCUT2D eigenvalue weighted by Crippen LogP contribution is 2.42. The van der Waals surface area contributed by atoms with Crippen molar-refractivity contribution in [1.29, 1.82) is 0 Å². The maximum atomic E-state index is 12.2. The number of rotatable bonds is 4. The first-order valence-corrected chi connectivity index (χ1v) is 9.42. The summed E-state index contributed by atoms with van der Waals surface area (Å²) in [6.45, 7) is 0.878. The molecule has 1 aromatic heterocycles. The molecule has 2 heterocycles. The van der Waals surface area contributed by atoms with Crippen LogP contribution in [0.2, 0.25) is 0 Å². The molecule has 0 aromatic carbocycles. The van der Waals surface area contributed by atoms with Gasteiger partial charge in [-0.05, 0) is 44.9 Å². The smallest absolute Gasteiger partial charge is 0.231 e. The largest absolute Gasteiger partial charge is 0.370 e. The van der Waals surface area contributed by atoms with Gasteiger partial charge < -0.3 is 14.2 Å². The average Bonchev–Trinajstić information content (AvgIpc) is 3.35. The van der Waals surface area contributed by atoms with Crippen LogP contribution >= 0.6 is 0 Å². The van der Waals surface area contributed by atoms with Crippen molar-refractivity contribution < 1.29 is 14.1 Å². The molecule has 0 N–H and O–H groups in total. The molecule has 132 valence electrons. The van der Waals surface area contributed by atoms with Gasteiger partial charge in [-0.25, -0.2) is 0 Å². The van der Waals surface area contributed by atoms with Crippen molar-refractivity contribution in [2.45, 2.75) is 81.8 Å². The molecule has 1 amide bonds. The summed E-state index contributed by atoms with van der Waals surface area (Å²) in [7, 11) is 1.74. The van der Waals surface area contributed by atoms with Crippen LogP contribution in [0.4, 0.5) is 0 Å². The molecule has 1 aliphatic heterocycles. The highest BCUT2D eigenvalue weighted by Gasteiger charge is 2.43. The molecule has 2 atom stereocenters. The van der Waals surface area contributed by atoms with Gasteiger partial charge >= 0.3 is 0 Å². The highest BCUT2D eigenvalue weighted by atomic mass is 16.5. The predicted octanol–water partition coefficient (Wildman–Crippen LogP) is 3.13. The second-order valence-electron chi connectivity index (χ2n) is 7.51. The topological polar surface area (TPSA) is 68.5 Å². The average molecular weight is 333 g/mol. The van der Waals surface area contributed by atoms with Crippen molar-refractivity contribution in [3.05, 3.63) is 11.7 Å². The molecule has 0 spiro atoms. The zero-order chi connectivity index (χ0) is 16.6. The molecular weight excluding hydrogens is 306 g/mol. The van der Waals surface area contributed by atoms with E-state index in [0.29, 0.717) is 18.1 Å². The lowest BCUT2D eigenvalue weighted by Crippen LogP contribution is -2.42. The fourth-order valence-electron chi connectivity index (χ4n) is 4.83. The second kappa shape index (κ2) is 6.47. The van der Waals surface area contributed by atoms with E-state index >= 15 is 0 Å². The van der Waals surface area contributed by atoms with Gasteiger partial charge in [0.1, 0.15) is 5.60 Å². The van der Waals surface area contributed by atoms with Gasteiger partial charge in [-0.15, -0.1) is 0 Å². The Kier molecular flexibility index (Phi) is 4.33. The van der Waals surface area contributed by atoms with E-state index < -0.39 is 0 Å². The van der Waals surface area contributed by atoms with Gasteiger partial charge in [0.25, 0.3) is 0 Å². The Morgan fingerprint density at radius 1 is 1.17 bits per heavy atom. The van der Waals surface area contributed by atoms with Gasteiger partial charge in [0.05, 0.1) is 5.92 Å². The predicted molar refractivity (Wildman–Crippen MR) is 87.4 cm³/mol. The third-order valence-corrected chi connectivity index (χ3v) is 6.21. The molecule has 2 aliphatic carbocycles. The lowest BCUT2D eigenvalue weighted by atomic mass is 9.83. The van der Waals surface area contributed by atoms with Crippen molar-refractivity contribution in [3.63, 3.8) is 0 Å². The third-order valence-electron chi connectivity index (χ3n) is 6.21. The highest BCUT2D eigenvalue weighted by molar-refractivity contribution is 5.78. The van der Waals surface area contributed by atoms with Crippen LogP contribution in [-0.4, -0.2) is 40.6 Å². The van der Waals surface area contributed by atoms with E-state index in [4.69, 9.17) is 14.2 Å². The number of carbonyl (C=O) groups excluding carboxylic acids is 1. The van der Waals surface area contributed by atoms with Crippen molar-refractivity contribution in [3.8, 4) is 0 Å². The van der Waals surface area contributed by atoms with Gasteiger partial charge in [0, 0.05) is 26.1 Å². The van der Waals surface area contributed by atoms with Crippen LogP contribution in [0.5, 0.6) is 0 Å². The molecule has 1 aromatic rings. The quantitative estimate of drug-likeness (QED) is 0.847. The first-order chi connectivity index (χ1) is 11.7. The van der Waals surface area contributed by atoms with Crippen molar-refractivity contribution in [2.24, 2.45) is 0 Å². The molecule has 6 heteroatoms. The number of ether oxygens (including phenoxy) is 1. The van der Waals surface area contributed by atoms with Crippen molar-refractivity contribution in [1.82, 2.24) is 15.0 Å². The van der Waals surface area contributed by atoms with Crippen LogP contribution in [0.1, 0.15) is 81.8 Å². The molecule has 3 fully saturated rings. The molecule has 3 aliphatic rings. The molecular formula is C18H27N3O3. The number of carbonyl (C=O) groups is 1. The number of aromatic nitrogens is 2. The number of hydrogen-bond donors (Lipinski definition) is 0. The number of likely N-dealkylation sites (tertiary alicyclic amines) is 1. The summed E-state index contributed by atoms with van der Waals surface area (Å²) >= 11 is 0. The third kappa shape index (κ3) is 2.65. The van der Waals surface area contributed by atoms with Gasteiger partial charge in [0.2, 0.25) is 17.6 Å². The van der Waals surface area contributed by atoms with Crippen LogP contribution in [0.3, 0.4) is 0 Å². The molecule has 0 radical (unpaired) electrons. The SMILES string of the molecule is COC1(c2noc([C@@H]3CCCC[C@@H]3N3CCCC3=O)n2)CCCC1. The molecule has 4 rings (SSSR count). The fraction of sp³-hybridized carbons (Fsp3) is 0.833. The molecule has 1 saturated heterocycles. The Balaban J connectivity index is 1.58. The van der Waals surface area contributed by atoms with Crippen LogP contribution in [0, 0.1) is 0 Å². The summed E-state index contributed by atoms with van der Waals surface area (Å²) in [6, 6.07) is 0.226. The summed E-state index contributed by atoms with van der Waals surface area (Å²) in [6.07, 6.45) is 10.3. The van der Waals surface area contributed by atoms with E-state index in [-0.39, 0.29) is 23.5 Å². The first-order valence-electron chi connectivity index (χ1n) is 9.42. The van der Waals surface area contributed by atoms with E-state index in [0.717, 1.165) is 57.9 Å².